The topological polar surface area (TPSA) is 33.1 Å². The monoisotopic (exact) mass is 282 g/mol. The smallest absolute Gasteiger partial charge is 0.0729 e. The summed E-state index contributed by atoms with van der Waals surface area (Å²) in [6.07, 6.45) is 6.77. The van der Waals surface area contributed by atoms with Gasteiger partial charge in [0.05, 0.1) is 18.4 Å². The van der Waals surface area contributed by atoms with E-state index in [4.69, 9.17) is 0 Å². The molecule has 0 radical (unpaired) electrons. The molecule has 1 aromatic heterocycles. The van der Waals surface area contributed by atoms with Gasteiger partial charge in [-0.25, -0.2) is 0 Å². The molecule has 3 aliphatic heterocycles. The molecule has 110 valence electrons. The van der Waals surface area contributed by atoms with Crippen molar-refractivity contribution in [1.82, 2.24) is 14.7 Å². The van der Waals surface area contributed by atoms with Crippen LogP contribution in [0, 0.1) is 5.92 Å². The van der Waals surface area contributed by atoms with E-state index in [0.29, 0.717) is 6.04 Å². The van der Waals surface area contributed by atoms with E-state index in [9.17, 15) is 0 Å². The van der Waals surface area contributed by atoms with Gasteiger partial charge in [0.1, 0.15) is 0 Å². The maximum absolute atomic E-state index is 4.48. The Morgan fingerprint density at radius 1 is 1.14 bits per heavy atom. The van der Waals surface area contributed by atoms with Gasteiger partial charge in [-0.2, -0.15) is 5.10 Å². The highest BCUT2D eigenvalue weighted by Gasteiger charge is 2.33. The summed E-state index contributed by atoms with van der Waals surface area (Å²) in [4.78, 5) is 2.58. The number of hydrogen-bond acceptors (Lipinski definition) is 3. The van der Waals surface area contributed by atoms with Crippen LogP contribution in [0.1, 0.15) is 18.4 Å². The van der Waals surface area contributed by atoms with Gasteiger partial charge in [0.2, 0.25) is 0 Å². The highest BCUT2D eigenvalue weighted by Crippen LogP contribution is 2.29. The molecule has 3 aliphatic rings. The zero-order valence-electron chi connectivity index (χ0n) is 12.3. The van der Waals surface area contributed by atoms with Crippen molar-refractivity contribution in [1.29, 1.82) is 0 Å². The van der Waals surface area contributed by atoms with Crippen molar-refractivity contribution in [3.05, 3.63) is 48.3 Å². The van der Waals surface area contributed by atoms with E-state index in [1.165, 1.54) is 38.0 Å². The first-order valence-electron chi connectivity index (χ1n) is 7.92. The Morgan fingerprint density at radius 3 is 2.67 bits per heavy atom. The van der Waals surface area contributed by atoms with Crippen LogP contribution >= 0.6 is 0 Å². The maximum Gasteiger partial charge on any atom is 0.0729 e. The third-order valence-electron chi connectivity index (χ3n) is 4.83. The SMILES string of the molecule is c1ccc(Cn2cc(NC3CN4CCC3CC4)cn2)cc1. The average molecular weight is 282 g/mol. The van der Waals surface area contributed by atoms with Crippen molar-refractivity contribution in [3.8, 4) is 0 Å². The Hall–Kier alpha value is -1.81. The molecule has 4 heteroatoms. The van der Waals surface area contributed by atoms with Gasteiger partial charge in [0.25, 0.3) is 0 Å². The summed E-state index contributed by atoms with van der Waals surface area (Å²) in [5.41, 5.74) is 2.44. The molecule has 4 nitrogen and oxygen atoms in total. The molecule has 0 spiro atoms. The van der Waals surface area contributed by atoms with Crippen LogP contribution in [-0.4, -0.2) is 40.4 Å². The van der Waals surface area contributed by atoms with E-state index in [0.717, 1.165) is 18.2 Å². The Bertz CT molecular complexity index is 584. The number of piperidine rings is 3. The van der Waals surface area contributed by atoms with E-state index in [1.54, 1.807) is 0 Å². The fourth-order valence-electron chi connectivity index (χ4n) is 3.64. The second kappa shape index (κ2) is 5.53. The quantitative estimate of drug-likeness (QED) is 0.935. The van der Waals surface area contributed by atoms with E-state index in [2.05, 4.69) is 45.8 Å². The maximum atomic E-state index is 4.48. The summed E-state index contributed by atoms with van der Waals surface area (Å²) in [7, 11) is 0. The third-order valence-corrected chi connectivity index (χ3v) is 4.83. The molecule has 4 heterocycles. The van der Waals surface area contributed by atoms with Crippen LogP contribution in [0.2, 0.25) is 0 Å². The third kappa shape index (κ3) is 2.81. The number of hydrogen-bond donors (Lipinski definition) is 1. The van der Waals surface area contributed by atoms with Crippen molar-refractivity contribution >= 4 is 5.69 Å². The lowest BCUT2D eigenvalue weighted by Crippen LogP contribution is -2.53. The molecule has 0 saturated carbocycles. The lowest BCUT2D eigenvalue weighted by molar-refractivity contribution is 0.0975. The van der Waals surface area contributed by atoms with Crippen molar-refractivity contribution in [2.75, 3.05) is 25.0 Å². The normalized spacial score (nSPS) is 27.7. The molecular weight excluding hydrogens is 260 g/mol. The lowest BCUT2D eigenvalue weighted by Gasteiger charge is -2.45. The van der Waals surface area contributed by atoms with E-state index in [-0.39, 0.29) is 0 Å². The minimum atomic E-state index is 0.599. The Balaban J connectivity index is 1.41. The second-order valence-electron chi connectivity index (χ2n) is 6.30. The molecule has 1 aromatic carbocycles. The molecule has 21 heavy (non-hydrogen) atoms. The highest BCUT2D eigenvalue weighted by atomic mass is 15.3. The minimum absolute atomic E-state index is 0.599. The van der Waals surface area contributed by atoms with Crippen molar-refractivity contribution in [2.24, 2.45) is 5.92 Å². The molecule has 3 saturated heterocycles. The number of benzene rings is 1. The molecule has 2 aromatic rings. The van der Waals surface area contributed by atoms with Crippen LogP contribution in [0.15, 0.2) is 42.7 Å². The molecule has 0 amide bonds. The van der Waals surface area contributed by atoms with Gasteiger partial charge in [0, 0.05) is 18.8 Å². The van der Waals surface area contributed by atoms with Gasteiger partial charge in [-0.1, -0.05) is 30.3 Å². The Kier molecular flexibility index (Phi) is 3.39. The van der Waals surface area contributed by atoms with Crippen LogP contribution < -0.4 is 5.32 Å². The predicted molar refractivity (Wildman–Crippen MR) is 84.3 cm³/mol. The first-order valence-corrected chi connectivity index (χ1v) is 7.92. The number of rotatable bonds is 4. The standard InChI is InChI=1S/C17H22N4/c1-2-4-14(5-3-1)11-21-12-16(10-18-21)19-17-13-20-8-6-15(17)7-9-20/h1-5,10,12,15,17,19H,6-9,11,13H2. The first kappa shape index (κ1) is 12.9. The van der Waals surface area contributed by atoms with Gasteiger partial charge >= 0.3 is 0 Å². The molecule has 2 bridgehead atoms. The summed E-state index contributed by atoms with van der Waals surface area (Å²) in [6.45, 7) is 4.60. The summed E-state index contributed by atoms with van der Waals surface area (Å²) in [6, 6.07) is 11.1. The van der Waals surface area contributed by atoms with E-state index < -0.39 is 0 Å². The fraction of sp³-hybridized carbons (Fsp3) is 0.471. The van der Waals surface area contributed by atoms with E-state index in [1.807, 2.05) is 16.9 Å². The minimum Gasteiger partial charge on any atom is -0.378 e. The average Bonchev–Trinajstić information content (AvgIpc) is 2.96. The number of nitrogens with zero attached hydrogens (tertiary/aromatic N) is 3. The lowest BCUT2D eigenvalue weighted by atomic mass is 9.84. The van der Waals surface area contributed by atoms with Gasteiger partial charge < -0.3 is 10.2 Å². The summed E-state index contributed by atoms with van der Waals surface area (Å²) >= 11 is 0. The van der Waals surface area contributed by atoms with Crippen molar-refractivity contribution in [2.45, 2.75) is 25.4 Å². The van der Waals surface area contributed by atoms with Gasteiger partial charge in [-0.05, 0) is 37.4 Å². The Morgan fingerprint density at radius 2 is 1.95 bits per heavy atom. The van der Waals surface area contributed by atoms with Gasteiger partial charge in [-0.3, -0.25) is 4.68 Å². The van der Waals surface area contributed by atoms with Gasteiger partial charge in [0.15, 0.2) is 0 Å². The Labute approximate surface area is 125 Å². The van der Waals surface area contributed by atoms with Crippen LogP contribution in [-0.2, 0) is 6.54 Å². The molecule has 1 N–H and O–H groups in total. The van der Waals surface area contributed by atoms with Crippen LogP contribution in [0.4, 0.5) is 5.69 Å². The summed E-state index contributed by atoms with van der Waals surface area (Å²) in [5, 5.41) is 8.17. The second-order valence-corrected chi connectivity index (χ2v) is 6.30. The van der Waals surface area contributed by atoms with Crippen molar-refractivity contribution < 1.29 is 0 Å². The van der Waals surface area contributed by atoms with E-state index >= 15 is 0 Å². The predicted octanol–water partition coefficient (Wildman–Crippen LogP) is 2.44. The number of aromatic nitrogens is 2. The zero-order chi connectivity index (χ0) is 14.1. The molecule has 1 atom stereocenters. The molecule has 3 fully saturated rings. The largest absolute Gasteiger partial charge is 0.378 e. The summed E-state index contributed by atoms with van der Waals surface area (Å²) < 4.78 is 2.01. The van der Waals surface area contributed by atoms with Crippen LogP contribution in [0.3, 0.4) is 0 Å². The molecule has 0 aliphatic carbocycles. The highest BCUT2D eigenvalue weighted by molar-refractivity contribution is 5.40. The summed E-state index contributed by atoms with van der Waals surface area (Å²) in [5.74, 6) is 0.840. The van der Waals surface area contributed by atoms with Gasteiger partial charge in [-0.15, -0.1) is 0 Å². The van der Waals surface area contributed by atoms with Crippen LogP contribution in [0.5, 0.6) is 0 Å². The zero-order valence-corrected chi connectivity index (χ0v) is 12.3. The number of anilines is 1. The van der Waals surface area contributed by atoms with Crippen LogP contribution in [0.25, 0.3) is 0 Å². The van der Waals surface area contributed by atoms with Crippen molar-refractivity contribution in [3.63, 3.8) is 0 Å². The first-order chi connectivity index (χ1) is 10.4. The molecular formula is C17H22N4. The molecule has 5 rings (SSSR count). The molecule has 1 unspecified atom stereocenters. The number of fused-ring (bicyclic) bond motifs is 3. The fourth-order valence-corrected chi connectivity index (χ4v) is 3.64. The number of nitrogens with one attached hydrogen (secondary N) is 1.